The van der Waals surface area contributed by atoms with Crippen LogP contribution in [0.15, 0.2) is 66.9 Å². The van der Waals surface area contributed by atoms with Crippen LogP contribution in [0, 0.1) is 16.7 Å². The lowest BCUT2D eigenvalue weighted by atomic mass is 9.71. The molecule has 5 heterocycles. The molecule has 16 heteroatoms. The molecule has 59 heavy (non-hydrogen) atoms. The highest BCUT2D eigenvalue weighted by molar-refractivity contribution is 7.92. The lowest BCUT2D eigenvalue weighted by Crippen LogP contribution is -2.59. The van der Waals surface area contributed by atoms with Crippen LogP contribution >= 0.6 is 11.6 Å². The minimum absolute atomic E-state index is 0.0179. The lowest BCUT2D eigenvalue weighted by Gasteiger charge is -2.54. The van der Waals surface area contributed by atoms with E-state index >= 15 is 0 Å². The second-order valence-electron chi connectivity index (χ2n) is 16.7. The molecule has 2 N–H and O–H groups in total. The average Bonchev–Trinajstić information content (AvgIpc) is 3.50. The molecule has 0 aliphatic carbocycles. The van der Waals surface area contributed by atoms with Crippen molar-refractivity contribution in [2.24, 2.45) is 5.41 Å². The van der Waals surface area contributed by atoms with Crippen molar-refractivity contribution in [1.29, 1.82) is 5.26 Å². The summed E-state index contributed by atoms with van der Waals surface area (Å²) in [5, 5.41) is 13.3. The van der Waals surface area contributed by atoms with Crippen LogP contribution in [0.2, 0.25) is 5.02 Å². The molecule has 4 aromatic rings. The highest BCUT2D eigenvalue weighted by atomic mass is 35.5. The Balaban J connectivity index is 0.858. The summed E-state index contributed by atoms with van der Waals surface area (Å²) in [5.41, 5.74) is 6.18. The zero-order valence-electron chi connectivity index (χ0n) is 33.1. The molecular formula is C43H45ClN8O6S. The number of rotatable bonds is 11. The summed E-state index contributed by atoms with van der Waals surface area (Å²) in [5.74, 6) is -0.259. The summed E-state index contributed by atoms with van der Waals surface area (Å²) in [4.78, 5) is 51.6. The van der Waals surface area contributed by atoms with Gasteiger partial charge in [0.15, 0.2) is 0 Å². The minimum atomic E-state index is -3.50. The standard InChI is InChI=1S/C43H45ClN8O6S/c1-42(2,30-5-7-33(8-6-30)58-24-32-12-15-46-41(47-32)49-59(3,56)57)31-19-28(21-45)38(35(44)20-31)51-16-13-43(14-17-51)25-50(26-43)22-27-4-9-34-29(18-27)23-52(40(34)55)36-10-11-37(53)48-39(36)54/h4-9,12,15,18-20,36H,10-11,13-14,16-17,22-26H2,1-3H3,(H,46,47,49)(H,48,53,54). The largest absolute Gasteiger partial charge is 0.487 e. The Hall–Kier alpha value is -5.56. The zero-order valence-corrected chi connectivity index (χ0v) is 34.7. The second kappa shape index (κ2) is 15.6. The van der Waals surface area contributed by atoms with Gasteiger partial charge in [0.05, 0.1) is 28.2 Å². The molecule has 3 aromatic carbocycles. The number of sulfonamides is 1. The van der Waals surface area contributed by atoms with Crippen LogP contribution in [-0.4, -0.2) is 84.4 Å². The molecule has 14 nitrogen and oxygen atoms in total. The number of anilines is 2. The monoisotopic (exact) mass is 836 g/mol. The van der Waals surface area contributed by atoms with Crippen LogP contribution in [0.3, 0.4) is 0 Å². The molecule has 3 amide bonds. The molecule has 3 saturated heterocycles. The molecule has 0 bridgehead atoms. The summed E-state index contributed by atoms with van der Waals surface area (Å²) in [6.45, 7) is 9.00. The summed E-state index contributed by atoms with van der Waals surface area (Å²) in [6, 6.07) is 21.0. The first kappa shape index (κ1) is 40.2. The van der Waals surface area contributed by atoms with Gasteiger partial charge in [-0.3, -0.25) is 29.3 Å². The Bertz CT molecular complexity index is 2490. The van der Waals surface area contributed by atoms with Gasteiger partial charge in [-0.25, -0.2) is 18.4 Å². The Kier molecular flexibility index (Phi) is 10.6. The van der Waals surface area contributed by atoms with Crippen LogP contribution in [0.25, 0.3) is 0 Å². The number of aromatic nitrogens is 2. The van der Waals surface area contributed by atoms with Gasteiger partial charge in [0.1, 0.15) is 24.5 Å². The molecule has 8 rings (SSSR count). The number of imide groups is 1. The van der Waals surface area contributed by atoms with Crippen molar-refractivity contribution in [1.82, 2.24) is 25.1 Å². The molecule has 1 aromatic heterocycles. The predicted octanol–water partition coefficient (Wildman–Crippen LogP) is 5.14. The van der Waals surface area contributed by atoms with Gasteiger partial charge >= 0.3 is 0 Å². The molecule has 4 aliphatic rings. The van der Waals surface area contributed by atoms with Gasteiger partial charge in [-0.2, -0.15) is 5.26 Å². The highest BCUT2D eigenvalue weighted by Gasteiger charge is 2.45. The van der Waals surface area contributed by atoms with Gasteiger partial charge in [0.25, 0.3) is 5.91 Å². The molecular weight excluding hydrogens is 792 g/mol. The van der Waals surface area contributed by atoms with Crippen molar-refractivity contribution in [2.75, 3.05) is 42.1 Å². The third-order valence-electron chi connectivity index (χ3n) is 12.1. The van der Waals surface area contributed by atoms with E-state index in [0.717, 1.165) is 79.8 Å². The first-order chi connectivity index (χ1) is 28.1. The number of carbonyl (C=O) groups is 3. The van der Waals surface area contributed by atoms with E-state index in [2.05, 4.69) is 55.8 Å². The Morgan fingerprint density at radius 3 is 2.47 bits per heavy atom. The van der Waals surface area contributed by atoms with Crippen molar-refractivity contribution in [2.45, 2.75) is 70.7 Å². The van der Waals surface area contributed by atoms with E-state index < -0.39 is 27.4 Å². The van der Waals surface area contributed by atoms with E-state index in [4.69, 9.17) is 16.3 Å². The smallest absolute Gasteiger partial charge is 0.255 e. The fourth-order valence-corrected chi connectivity index (χ4v) is 9.64. The van der Waals surface area contributed by atoms with Crippen molar-refractivity contribution in [3.05, 3.63) is 111 Å². The van der Waals surface area contributed by atoms with E-state index in [9.17, 15) is 28.1 Å². The first-order valence-corrected chi connectivity index (χ1v) is 21.9. The molecule has 4 aliphatic heterocycles. The Morgan fingerprint density at radius 2 is 1.78 bits per heavy atom. The van der Waals surface area contributed by atoms with Crippen LogP contribution in [0.1, 0.15) is 83.4 Å². The average molecular weight is 837 g/mol. The van der Waals surface area contributed by atoms with Gasteiger partial charge in [-0.1, -0.05) is 49.7 Å². The highest BCUT2D eigenvalue weighted by Crippen LogP contribution is 2.45. The molecule has 0 saturated carbocycles. The maximum atomic E-state index is 13.1. The number of hydrogen-bond donors (Lipinski definition) is 2. The minimum Gasteiger partial charge on any atom is -0.487 e. The molecule has 1 unspecified atom stereocenters. The fourth-order valence-electron chi connectivity index (χ4n) is 8.87. The van der Waals surface area contributed by atoms with E-state index in [-0.39, 0.29) is 36.2 Å². The second-order valence-corrected chi connectivity index (χ2v) is 18.8. The van der Waals surface area contributed by atoms with E-state index in [1.807, 2.05) is 48.5 Å². The number of hydrogen-bond acceptors (Lipinski definition) is 11. The lowest BCUT2D eigenvalue weighted by molar-refractivity contribution is -0.136. The van der Waals surface area contributed by atoms with Crippen molar-refractivity contribution < 1.29 is 27.5 Å². The number of ether oxygens (including phenoxy) is 1. The molecule has 0 radical (unpaired) electrons. The number of nitrogens with one attached hydrogen (secondary N) is 2. The predicted molar refractivity (Wildman–Crippen MR) is 221 cm³/mol. The van der Waals surface area contributed by atoms with Gasteiger partial charge < -0.3 is 14.5 Å². The molecule has 1 atom stereocenters. The summed E-state index contributed by atoms with van der Waals surface area (Å²) < 4.78 is 31.3. The molecule has 3 fully saturated rings. The number of amides is 3. The summed E-state index contributed by atoms with van der Waals surface area (Å²) in [6.07, 6.45) is 5.06. The third kappa shape index (κ3) is 8.35. The number of halogens is 1. The number of piperidine rings is 2. The Morgan fingerprint density at radius 1 is 1.03 bits per heavy atom. The number of fused-ring (bicyclic) bond motifs is 1. The third-order valence-corrected chi connectivity index (χ3v) is 13.0. The van der Waals surface area contributed by atoms with Crippen molar-refractivity contribution in [3.8, 4) is 11.8 Å². The van der Waals surface area contributed by atoms with Crippen LogP contribution in [-0.2, 0) is 44.7 Å². The normalized spacial score (nSPS) is 19.2. The maximum Gasteiger partial charge on any atom is 0.255 e. The van der Waals surface area contributed by atoms with Gasteiger partial charge in [-0.15, -0.1) is 0 Å². The van der Waals surface area contributed by atoms with Crippen molar-refractivity contribution >= 4 is 51.0 Å². The van der Waals surface area contributed by atoms with Gasteiger partial charge in [-0.05, 0) is 83.3 Å². The van der Waals surface area contributed by atoms with Crippen LogP contribution in [0.4, 0.5) is 11.6 Å². The summed E-state index contributed by atoms with van der Waals surface area (Å²) in [7, 11) is -3.50. The quantitative estimate of drug-likeness (QED) is 0.191. The van der Waals surface area contributed by atoms with Crippen molar-refractivity contribution in [3.63, 3.8) is 0 Å². The van der Waals surface area contributed by atoms with Crippen LogP contribution < -0.4 is 19.7 Å². The SMILES string of the molecule is CC(C)(c1ccc(OCc2ccnc(NS(C)(=O)=O)n2)cc1)c1cc(Cl)c(N2CCC3(CC2)CN(Cc2ccc4c(c2)CN(C2CCC(=O)NC2=O)C4=O)C3)c(C#N)c1. The first-order valence-electron chi connectivity index (χ1n) is 19.6. The number of carbonyl (C=O) groups excluding carboxylic acids is 3. The molecule has 306 valence electrons. The topological polar surface area (TPSA) is 178 Å². The van der Waals surface area contributed by atoms with E-state index in [1.54, 1.807) is 11.0 Å². The number of benzene rings is 3. The number of nitriles is 1. The number of nitrogens with zero attached hydrogens (tertiary/aromatic N) is 6. The summed E-state index contributed by atoms with van der Waals surface area (Å²) >= 11 is 7.03. The van der Waals surface area contributed by atoms with Crippen LogP contribution in [0.5, 0.6) is 5.75 Å². The zero-order chi connectivity index (χ0) is 41.7. The fraction of sp³-hybridized carbons (Fsp3) is 0.395. The maximum absolute atomic E-state index is 13.1. The molecule has 1 spiro atoms. The van der Waals surface area contributed by atoms with Gasteiger partial charge in [0, 0.05) is 62.9 Å². The van der Waals surface area contributed by atoms with Gasteiger partial charge in [0.2, 0.25) is 27.8 Å². The van der Waals surface area contributed by atoms with E-state index in [1.165, 1.54) is 6.20 Å². The van der Waals surface area contributed by atoms with E-state index in [0.29, 0.717) is 40.6 Å². The number of likely N-dealkylation sites (tertiary alicyclic amines) is 1. The Labute approximate surface area is 348 Å².